The van der Waals surface area contributed by atoms with Crippen molar-refractivity contribution in [2.75, 3.05) is 32.1 Å². The van der Waals surface area contributed by atoms with E-state index in [0.29, 0.717) is 24.6 Å². The van der Waals surface area contributed by atoms with Crippen LogP contribution < -0.4 is 4.90 Å². The van der Waals surface area contributed by atoms with Crippen molar-refractivity contribution in [1.29, 1.82) is 0 Å². The van der Waals surface area contributed by atoms with E-state index in [2.05, 4.69) is 15.2 Å². The van der Waals surface area contributed by atoms with E-state index in [9.17, 15) is 9.18 Å². The molecular weight excluding hydrogens is 445 g/mol. The number of carbonyl (C=O) groups is 1. The molecule has 1 atom stereocenters. The Morgan fingerprint density at radius 1 is 1.09 bits per heavy atom. The summed E-state index contributed by atoms with van der Waals surface area (Å²) in [4.78, 5) is 26.6. The van der Waals surface area contributed by atoms with Crippen LogP contribution >= 0.6 is 0 Å². The number of aromatic nitrogens is 5. The van der Waals surface area contributed by atoms with Crippen molar-refractivity contribution in [3.05, 3.63) is 84.5 Å². The average molecular weight is 472 g/mol. The fourth-order valence-corrected chi connectivity index (χ4v) is 4.46. The van der Waals surface area contributed by atoms with Gasteiger partial charge in [0.2, 0.25) is 5.95 Å². The van der Waals surface area contributed by atoms with Crippen LogP contribution in [0.2, 0.25) is 0 Å². The lowest BCUT2D eigenvalue weighted by Crippen LogP contribution is -2.39. The second-order valence-electron chi connectivity index (χ2n) is 8.88. The van der Waals surface area contributed by atoms with E-state index in [4.69, 9.17) is 4.98 Å². The Morgan fingerprint density at radius 2 is 1.86 bits per heavy atom. The highest BCUT2D eigenvalue weighted by Crippen LogP contribution is 2.34. The summed E-state index contributed by atoms with van der Waals surface area (Å²) < 4.78 is 15.3. The predicted molar refractivity (Wildman–Crippen MR) is 131 cm³/mol. The molecule has 0 saturated carbocycles. The quantitative estimate of drug-likeness (QED) is 0.439. The van der Waals surface area contributed by atoms with Crippen molar-refractivity contribution in [3.8, 4) is 16.8 Å². The van der Waals surface area contributed by atoms with Gasteiger partial charge in [0.15, 0.2) is 0 Å². The zero-order valence-corrected chi connectivity index (χ0v) is 19.7. The summed E-state index contributed by atoms with van der Waals surface area (Å²) in [6.07, 6.45) is 6.78. The van der Waals surface area contributed by atoms with E-state index in [1.807, 2.05) is 48.2 Å². The summed E-state index contributed by atoms with van der Waals surface area (Å²) in [5, 5.41) is 7.69. The minimum atomic E-state index is -0.288. The normalized spacial score (nSPS) is 15.7. The van der Waals surface area contributed by atoms with Gasteiger partial charge in [0, 0.05) is 56.1 Å². The molecule has 2 aromatic carbocycles. The van der Waals surface area contributed by atoms with E-state index >= 15 is 0 Å². The third kappa shape index (κ3) is 4.75. The first-order chi connectivity index (χ1) is 17.0. The number of hydrogen-bond acceptors (Lipinski definition) is 6. The Labute approximate surface area is 203 Å². The lowest BCUT2D eigenvalue weighted by Gasteiger charge is -2.33. The highest BCUT2D eigenvalue weighted by molar-refractivity contribution is 5.95. The first-order valence-corrected chi connectivity index (χ1v) is 11.5. The van der Waals surface area contributed by atoms with Crippen LogP contribution in [0.25, 0.3) is 16.8 Å². The first kappa shape index (κ1) is 22.6. The Morgan fingerprint density at radius 3 is 2.60 bits per heavy atom. The van der Waals surface area contributed by atoms with E-state index in [1.54, 1.807) is 35.6 Å². The molecule has 5 rings (SSSR count). The Bertz CT molecular complexity index is 1320. The van der Waals surface area contributed by atoms with Crippen LogP contribution in [0.4, 0.5) is 10.3 Å². The monoisotopic (exact) mass is 471 g/mol. The number of hydrogen-bond donors (Lipinski definition) is 0. The molecule has 9 heteroatoms. The minimum absolute atomic E-state index is 0.0187. The van der Waals surface area contributed by atoms with Crippen LogP contribution in [0.3, 0.4) is 0 Å². The molecule has 2 aromatic heterocycles. The lowest BCUT2D eigenvalue weighted by atomic mass is 9.89. The maximum Gasteiger partial charge on any atom is 0.253 e. The van der Waals surface area contributed by atoms with Crippen molar-refractivity contribution in [3.63, 3.8) is 0 Å². The highest BCUT2D eigenvalue weighted by Gasteiger charge is 2.29. The van der Waals surface area contributed by atoms with Gasteiger partial charge in [-0.2, -0.15) is 0 Å². The standard InChI is InChI=1S/C26H26FN7O/c1-32(2)26-28-14-23(18-8-10-21(27)11-9-18)24(31-26)20-6-4-12-33(15-20)25(35)19-5-3-7-22(13-19)34-16-29-30-17-34/h3,5,7-11,13-14,16-17,20H,4,6,12,15H2,1-2H3/t20-/m1/s1. The number of benzene rings is 2. The molecule has 0 unspecified atom stereocenters. The summed E-state index contributed by atoms with van der Waals surface area (Å²) in [7, 11) is 3.80. The average Bonchev–Trinajstić information content (AvgIpc) is 3.44. The van der Waals surface area contributed by atoms with Crippen LogP contribution in [0, 0.1) is 5.82 Å². The van der Waals surface area contributed by atoms with Crippen molar-refractivity contribution in [2.24, 2.45) is 0 Å². The second kappa shape index (κ2) is 9.61. The lowest BCUT2D eigenvalue weighted by molar-refractivity contribution is 0.0706. The fourth-order valence-electron chi connectivity index (χ4n) is 4.46. The molecule has 0 spiro atoms. The molecule has 1 aliphatic heterocycles. The SMILES string of the molecule is CN(C)c1ncc(-c2ccc(F)cc2)c([C@@H]2CCCN(C(=O)c3cccc(-n4cnnc4)c3)C2)n1. The molecule has 4 aromatic rings. The van der Waals surface area contributed by atoms with Gasteiger partial charge < -0.3 is 9.80 Å². The highest BCUT2D eigenvalue weighted by atomic mass is 19.1. The number of anilines is 1. The van der Waals surface area contributed by atoms with Crippen LogP contribution in [-0.2, 0) is 0 Å². The summed E-state index contributed by atoms with van der Waals surface area (Å²) in [5.74, 6) is 0.338. The smallest absolute Gasteiger partial charge is 0.253 e. The second-order valence-corrected chi connectivity index (χ2v) is 8.88. The third-order valence-corrected chi connectivity index (χ3v) is 6.27. The Kier molecular flexibility index (Phi) is 6.22. The Hall–Kier alpha value is -4.14. The fraction of sp³-hybridized carbons (Fsp3) is 0.269. The van der Waals surface area contributed by atoms with Crippen molar-refractivity contribution in [2.45, 2.75) is 18.8 Å². The molecule has 35 heavy (non-hydrogen) atoms. The van der Waals surface area contributed by atoms with E-state index < -0.39 is 0 Å². The zero-order valence-electron chi connectivity index (χ0n) is 19.7. The van der Waals surface area contributed by atoms with Gasteiger partial charge in [-0.25, -0.2) is 14.4 Å². The van der Waals surface area contributed by atoms with E-state index in [1.165, 1.54) is 12.1 Å². The molecule has 1 fully saturated rings. The van der Waals surface area contributed by atoms with Gasteiger partial charge in [-0.15, -0.1) is 10.2 Å². The zero-order chi connectivity index (χ0) is 24.4. The van der Waals surface area contributed by atoms with Crippen molar-refractivity contribution < 1.29 is 9.18 Å². The van der Waals surface area contributed by atoms with Gasteiger partial charge in [-0.1, -0.05) is 18.2 Å². The first-order valence-electron chi connectivity index (χ1n) is 11.5. The number of amides is 1. The molecule has 8 nitrogen and oxygen atoms in total. The van der Waals surface area contributed by atoms with Gasteiger partial charge in [0.05, 0.1) is 5.69 Å². The molecule has 1 saturated heterocycles. The van der Waals surface area contributed by atoms with Crippen LogP contribution in [0.1, 0.15) is 34.8 Å². The number of rotatable bonds is 5. The summed E-state index contributed by atoms with van der Waals surface area (Å²) in [6.45, 7) is 1.23. The maximum atomic E-state index is 13.6. The van der Waals surface area contributed by atoms with Crippen LogP contribution in [0.15, 0.2) is 67.4 Å². The van der Waals surface area contributed by atoms with Gasteiger partial charge in [-0.3, -0.25) is 9.36 Å². The van der Waals surface area contributed by atoms with Gasteiger partial charge in [0.25, 0.3) is 5.91 Å². The van der Waals surface area contributed by atoms with Gasteiger partial charge in [0.1, 0.15) is 18.5 Å². The van der Waals surface area contributed by atoms with Gasteiger partial charge in [-0.05, 0) is 48.7 Å². The maximum absolute atomic E-state index is 13.6. The predicted octanol–water partition coefficient (Wildman–Crippen LogP) is 3.95. The Balaban J connectivity index is 1.45. The molecule has 1 amide bonds. The minimum Gasteiger partial charge on any atom is -0.347 e. The number of carbonyl (C=O) groups excluding carboxylic acids is 1. The summed E-state index contributed by atoms with van der Waals surface area (Å²) in [6, 6.07) is 13.8. The van der Waals surface area contributed by atoms with Gasteiger partial charge >= 0.3 is 0 Å². The molecule has 1 aliphatic rings. The summed E-state index contributed by atoms with van der Waals surface area (Å²) >= 11 is 0. The molecule has 0 N–H and O–H groups in total. The molecule has 0 bridgehead atoms. The van der Waals surface area contributed by atoms with Crippen molar-refractivity contribution in [1.82, 2.24) is 29.6 Å². The van der Waals surface area contributed by atoms with E-state index in [0.717, 1.165) is 35.3 Å². The van der Waals surface area contributed by atoms with Crippen LogP contribution in [-0.4, -0.2) is 62.7 Å². The molecule has 3 heterocycles. The number of halogens is 1. The summed E-state index contributed by atoms with van der Waals surface area (Å²) in [5.41, 5.74) is 4.05. The number of likely N-dealkylation sites (tertiary alicyclic amines) is 1. The van der Waals surface area contributed by atoms with Crippen molar-refractivity contribution >= 4 is 11.9 Å². The number of nitrogens with zero attached hydrogens (tertiary/aromatic N) is 7. The van der Waals surface area contributed by atoms with E-state index in [-0.39, 0.29) is 17.6 Å². The molecule has 0 aliphatic carbocycles. The molecule has 0 radical (unpaired) electrons. The molecule has 178 valence electrons. The largest absolute Gasteiger partial charge is 0.347 e. The molecular formula is C26H26FN7O. The third-order valence-electron chi connectivity index (χ3n) is 6.27. The topological polar surface area (TPSA) is 80.0 Å². The van der Waals surface area contributed by atoms with Crippen LogP contribution in [0.5, 0.6) is 0 Å². The number of piperidine rings is 1.